The van der Waals surface area contributed by atoms with Crippen molar-refractivity contribution >= 4 is 0 Å². The van der Waals surface area contributed by atoms with E-state index in [0.717, 1.165) is 6.54 Å². The highest BCUT2D eigenvalue weighted by molar-refractivity contribution is 5.13. The molecule has 1 N–H and O–H groups in total. The van der Waals surface area contributed by atoms with Gasteiger partial charge in [0.25, 0.3) is 0 Å². The van der Waals surface area contributed by atoms with E-state index in [1.54, 1.807) is 0 Å². The second-order valence-corrected chi connectivity index (χ2v) is 1.58. The van der Waals surface area contributed by atoms with Crippen LogP contribution in [-0.2, 0) is 0 Å². The highest BCUT2D eigenvalue weighted by Gasteiger charge is 1.72. The molecule has 0 aromatic carbocycles. The van der Waals surface area contributed by atoms with Gasteiger partial charge in [-0.05, 0) is 12.3 Å². The Labute approximate surface area is 49.4 Å². The van der Waals surface area contributed by atoms with Crippen LogP contribution in [0.3, 0.4) is 0 Å². The largest absolute Gasteiger partial charge is 0.387 e. The van der Waals surface area contributed by atoms with E-state index >= 15 is 0 Å². The molecule has 0 atom stereocenters. The van der Waals surface area contributed by atoms with Crippen LogP contribution in [0.15, 0.2) is 36.6 Å². The van der Waals surface area contributed by atoms with Crippen LogP contribution in [0, 0.1) is 0 Å². The molecule has 0 amide bonds. The molecule has 0 aliphatic carbocycles. The third kappa shape index (κ3) is 1.65. The minimum absolute atomic E-state index is 0.931. The van der Waals surface area contributed by atoms with Gasteiger partial charge in [-0.3, -0.25) is 0 Å². The maximum absolute atomic E-state index is 3.07. The van der Waals surface area contributed by atoms with Gasteiger partial charge in [0.15, 0.2) is 0 Å². The molecule has 0 radical (unpaired) electrons. The second-order valence-electron chi connectivity index (χ2n) is 1.58. The van der Waals surface area contributed by atoms with Gasteiger partial charge in [-0.15, -0.1) is 0 Å². The average Bonchev–Trinajstić information content (AvgIpc) is 1.62. The summed E-state index contributed by atoms with van der Waals surface area (Å²) in [6.45, 7) is 0.931. The van der Waals surface area contributed by atoms with Crippen LogP contribution in [0.2, 0.25) is 0 Å². The van der Waals surface area contributed by atoms with Crippen LogP contribution in [0.5, 0.6) is 0 Å². The first-order valence-electron chi connectivity index (χ1n) is 2.72. The Kier molecular flexibility index (Phi) is 1.99. The van der Waals surface area contributed by atoms with E-state index in [2.05, 4.69) is 11.4 Å². The van der Waals surface area contributed by atoms with Crippen molar-refractivity contribution in [2.24, 2.45) is 0 Å². The Balaban J connectivity index is 2.51. The maximum atomic E-state index is 3.07. The third-order valence-corrected chi connectivity index (χ3v) is 0.919. The Morgan fingerprint density at radius 2 is 1.88 bits per heavy atom. The van der Waals surface area contributed by atoms with Gasteiger partial charge < -0.3 is 5.32 Å². The lowest BCUT2D eigenvalue weighted by molar-refractivity contribution is 0.984. The Hall–Kier alpha value is -0.980. The van der Waals surface area contributed by atoms with Gasteiger partial charge in [-0.2, -0.15) is 0 Å². The van der Waals surface area contributed by atoms with Crippen molar-refractivity contribution in [3.05, 3.63) is 36.6 Å². The summed E-state index contributed by atoms with van der Waals surface area (Å²) in [4.78, 5) is 0. The van der Waals surface area contributed by atoms with Crippen molar-refractivity contribution in [3.63, 3.8) is 0 Å². The molecule has 42 valence electrons. The molecule has 1 heteroatoms. The zero-order valence-electron chi connectivity index (χ0n) is 4.67. The lowest BCUT2D eigenvalue weighted by Crippen LogP contribution is -2.03. The van der Waals surface area contributed by atoms with Crippen molar-refractivity contribution < 1.29 is 0 Å². The average molecular weight is 107 g/mol. The molecule has 0 fully saturated rings. The summed E-state index contributed by atoms with van der Waals surface area (Å²) in [6.07, 6.45) is 12.0. The number of nitrogens with one attached hydrogen (secondary N) is 1. The molecule has 0 aromatic rings. The summed E-state index contributed by atoms with van der Waals surface area (Å²) in [6, 6.07) is 0. The van der Waals surface area contributed by atoms with Gasteiger partial charge >= 0.3 is 0 Å². The van der Waals surface area contributed by atoms with E-state index in [9.17, 15) is 0 Å². The van der Waals surface area contributed by atoms with Gasteiger partial charge in [0, 0.05) is 6.54 Å². The lowest BCUT2D eigenvalue weighted by Gasteiger charge is -1.92. The smallest absolute Gasteiger partial charge is 0.0328 e. The third-order valence-electron chi connectivity index (χ3n) is 0.919. The van der Waals surface area contributed by atoms with E-state index in [1.165, 1.54) is 0 Å². The molecular formula is C7H9N. The van der Waals surface area contributed by atoms with E-state index < -0.39 is 0 Å². The molecule has 0 unspecified atom stereocenters. The van der Waals surface area contributed by atoms with E-state index in [4.69, 9.17) is 0 Å². The second kappa shape index (κ2) is 3.08. The summed E-state index contributed by atoms with van der Waals surface area (Å²) in [5.41, 5.74) is 0. The number of allylic oxidation sites excluding steroid dienone is 4. The van der Waals surface area contributed by atoms with Gasteiger partial charge in [0.05, 0.1) is 0 Å². The predicted molar refractivity (Wildman–Crippen MR) is 35.4 cm³/mol. The zero-order chi connectivity index (χ0) is 5.66. The lowest BCUT2D eigenvalue weighted by atomic mass is 10.4. The van der Waals surface area contributed by atoms with Crippen molar-refractivity contribution in [1.82, 2.24) is 5.32 Å². The summed E-state index contributed by atoms with van der Waals surface area (Å²) in [5.74, 6) is 0. The molecule has 0 saturated carbocycles. The molecule has 0 bridgehead atoms. The van der Waals surface area contributed by atoms with Crippen LogP contribution >= 0.6 is 0 Å². The normalized spacial score (nSPS) is 21.0. The fourth-order valence-corrected chi connectivity index (χ4v) is 0.535. The van der Waals surface area contributed by atoms with Crippen LogP contribution in [0.1, 0.15) is 0 Å². The topological polar surface area (TPSA) is 12.0 Å². The molecule has 0 saturated heterocycles. The number of rotatable bonds is 0. The molecule has 1 aliphatic heterocycles. The number of hydrogen-bond donors (Lipinski definition) is 1. The SMILES string of the molecule is C1=C/C=C\CNC=C1. The van der Waals surface area contributed by atoms with Crippen LogP contribution in [-0.4, -0.2) is 6.54 Å². The van der Waals surface area contributed by atoms with Gasteiger partial charge in [0.2, 0.25) is 0 Å². The van der Waals surface area contributed by atoms with Crippen LogP contribution in [0.25, 0.3) is 0 Å². The van der Waals surface area contributed by atoms with Crippen LogP contribution < -0.4 is 5.32 Å². The zero-order valence-corrected chi connectivity index (χ0v) is 4.67. The molecule has 1 aliphatic rings. The van der Waals surface area contributed by atoms with Crippen molar-refractivity contribution in [2.45, 2.75) is 0 Å². The van der Waals surface area contributed by atoms with E-state index in [-0.39, 0.29) is 0 Å². The minimum atomic E-state index is 0.931. The summed E-state index contributed by atoms with van der Waals surface area (Å²) in [5, 5.41) is 3.07. The minimum Gasteiger partial charge on any atom is -0.387 e. The fourth-order valence-electron chi connectivity index (χ4n) is 0.535. The highest BCUT2D eigenvalue weighted by atomic mass is 14.8. The Bertz CT molecular complexity index is 115. The predicted octanol–water partition coefficient (Wildman–Crippen LogP) is 1.22. The first-order valence-corrected chi connectivity index (χ1v) is 2.72. The molecule has 1 nitrogen and oxygen atoms in total. The van der Waals surface area contributed by atoms with E-state index in [1.807, 2.05) is 30.5 Å². The first kappa shape index (κ1) is 5.16. The van der Waals surface area contributed by atoms with Gasteiger partial charge in [-0.1, -0.05) is 24.3 Å². The molecule has 1 heterocycles. The molecule has 0 aromatic heterocycles. The molecular weight excluding hydrogens is 98.1 g/mol. The summed E-state index contributed by atoms with van der Waals surface area (Å²) in [7, 11) is 0. The standard InChI is InChI=1S/C7H9N/c1-2-4-6-8-7-5-3-1/h1-6,8H,7H2/b2-1?,5-3-,6-4?. The first-order chi connectivity index (χ1) is 4.00. The van der Waals surface area contributed by atoms with Crippen molar-refractivity contribution in [1.29, 1.82) is 0 Å². The molecule has 8 heavy (non-hydrogen) atoms. The summed E-state index contributed by atoms with van der Waals surface area (Å²) < 4.78 is 0. The van der Waals surface area contributed by atoms with Crippen LogP contribution in [0.4, 0.5) is 0 Å². The van der Waals surface area contributed by atoms with E-state index in [0.29, 0.717) is 0 Å². The monoisotopic (exact) mass is 107 g/mol. The van der Waals surface area contributed by atoms with Crippen molar-refractivity contribution in [2.75, 3.05) is 6.54 Å². The Morgan fingerprint density at radius 3 is 2.88 bits per heavy atom. The van der Waals surface area contributed by atoms with Gasteiger partial charge in [-0.25, -0.2) is 0 Å². The van der Waals surface area contributed by atoms with Gasteiger partial charge in [0.1, 0.15) is 0 Å². The Morgan fingerprint density at radius 1 is 1.00 bits per heavy atom. The quantitative estimate of drug-likeness (QED) is 0.490. The number of hydrogen-bond acceptors (Lipinski definition) is 1. The molecule has 0 spiro atoms. The maximum Gasteiger partial charge on any atom is 0.0328 e. The van der Waals surface area contributed by atoms with Crippen molar-refractivity contribution in [3.8, 4) is 0 Å². The highest BCUT2D eigenvalue weighted by Crippen LogP contribution is 1.81. The molecule has 1 rings (SSSR count). The fraction of sp³-hybridized carbons (Fsp3) is 0.143. The summed E-state index contributed by atoms with van der Waals surface area (Å²) >= 11 is 0.